The largest absolute Gasteiger partial charge is 0.481 e. The summed E-state index contributed by atoms with van der Waals surface area (Å²) in [5.41, 5.74) is 0. The maximum Gasteiger partial charge on any atom is 0.303 e. The molecular formula is C11H13Cl2NO4S. The van der Waals surface area contributed by atoms with Crippen molar-refractivity contribution in [3.63, 3.8) is 0 Å². The molecule has 0 aliphatic heterocycles. The normalized spacial score (nSPS) is 13.2. The first-order chi connectivity index (χ1) is 8.74. The van der Waals surface area contributed by atoms with Crippen molar-refractivity contribution >= 4 is 39.2 Å². The second kappa shape index (κ2) is 6.56. The summed E-state index contributed by atoms with van der Waals surface area (Å²) < 4.78 is 26.5. The maximum absolute atomic E-state index is 12.1. The number of aliphatic carboxylic acids is 1. The van der Waals surface area contributed by atoms with Crippen molar-refractivity contribution in [2.75, 3.05) is 0 Å². The van der Waals surface area contributed by atoms with Gasteiger partial charge in [0.05, 0.1) is 10.0 Å². The third-order valence-electron chi connectivity index (χ3n) is 2.35. The Hall–Kier alpha value is -0.820. The van der Waals surface area contributed by atoms with E-state index in [1.165, 1.54) is 18.2 Å². The molecule has 0 fully saturated rings. The van der Waals surface area contributed by atoms with E-state index in [4.69, 9.17) is 28.3 Å². The van der Waals surface area contributed by atoms with Crippen LogP contribution in [0.2, 0.25) is 10.0 Å². The molecule has 106 valence electrons. The lowest BCUT2D eigenvalue weighted by atomic mass is 10.2. The molecule has 0 radical (unpaired) electrons. The quantitative estimate of drug-likeness (QED) is 0.841. The zero-order valence-corrected chi connectivity index (χ0v) is 12.4. The summed E-state index contributed by atoms with van der Waals surface area (Å²) in [6, 6.07) is 3.78. The zero-order chi connectivity index (χ0) is 14.6. The summed E-state index contributed by atoms with van der Waals surface area (Å²) in [6.45, 7) is 1.58. The molecule has 1 aromatic carbocycles. The number of hydrogen-bond donors (Lipinski definition) is 2. The lowest BCUT2D eigenvalue weighted by Gasteiger charge is -2.14. The number of sulfonamides is 1. The maximum atomic E-state index is 12.1. The predicted molar refractivity (Wildman–Crippen MR) is 73.1 cm³/mol. The van der Waals surface area contributed by atoms with Gasteiger partial charge in [-0.3, -0.25) is 4.79 Å². The molecule has 1 aromatic rings. The van der Waals surface area contributed by atoms with E-state index < -0.39 is 22.0 Å². The Labute approximate surface area is 121 Å². The molecule has 19 heavy (non-hydrogen) atoms. The molecule has 8 heteroatoms. The van der Waals surface area contributed by atoms with E-state index in [1.807, 2.05) is 0 Å². The van der Waals surface area contributed by atoms with Gasteiger partial charge in [-0.25, -0.2) is 13.1 Å². The molecule has 1 atom stereocenters. The van der Waals surface area contributed by atoms with Crippen molar-refractivity contribution in [1.29, 1.82) is 0 Å². The SMILES string of the molecule is CC(CCC(=O)O)NS(=O)(=O)c1cccc(Cl)c1Cl. The number of nitrogens with one attached hydrogen (secondary N) is 1. The first-order valence-electron chi connectivity index (χ1n) is 5.42. The minimum absolute atomic E-state index is 0.0536. The van der Waals surface area contributed by atoms with E-state index >= 15 is 0 Å². The van der Waals surface area contributed by atoms with Crippen molar-refractivity contribution in [2.24, 2.45) is 0 Å². The van der Waals surface area contributed by atoms with Crippen LogP contribution in [0, 0.1) is 0 Å². The summed E-state index contributed by atoms with van der Waals surface area (Å²) in [7, 11) is -3.82. The van der Waals surface area contributed by atoms with Gasteiger partial charge in [-0.15, -0.1) is 0 Å². The molecule has 0 saturated carbocycles. The molecule has 5 nitrogen and oxygen atoms in total. The topological polar surface area (TPSA) is 83.5 Å². The number of carbonyl (C=O) groups is 1. The van der Waals surface area contributed by atoms with E-state index in [1.54, 1.807) is 6.92 Å². The molecule has 0 heterocycles. The van der Waals surface area contributed by atoms with Crippen LogP contribution in [0.4, 0.5) is 0 Å². The molecule has 1 unspecified atom stereocenters. The first-order valence-corrected chi connectivity index (χ1v) is 7.66. The molecule has 0 amide bonds. The van der Waals surface area contributed by atoms with E-state index in [2.05, 4.69) is 4.72 Å². The van der Waals surface area contributed by atoms with Gasteiger partial charge in [-0.05, 0) is 25.5 Å². The Kier molecular flexibility index (Phi) is 5.61. The van der Waals surface area contributed by atoms with Crippen molar-refractivity contribution in [3.8, 4) is 0 Å². The Balaban J connectivity index is 2.87. The van der Waals surface area contributed by atoms with Crippen LogP contribution in [0.1, 0.15) is 19.8 Å². The highest BCUT2D eigenvalue weighted by molar-refractivity contribution is 7.89. The smallest absolute Gasteiger partial charge is 0.303 e. The van der Waals surface area contributed by atoms with Crippen LogP contribution in [0.5, 0.6) is 0 Å². The summed E-state index contributed by atoms with van der Waals surface area (Å²) in [5, 5.41) is 8.63. The molecule has 0 aliphatic carbocycles. The number of carboxylic acid groups (broad SMARTS) is 1. The summed E-state index contributed by atoms with van der Waals surface area (Å²) >= 11 is 11.6. The Morgan fingerprint density at radius 2 is 2.05 bits per heavy atom. The highest BCUT2D eigenvalue weighted by Crippen LogP contribution is 2.28. The average molecular weight is 326 g/mol. The fraction of sp³-hybridized carbons (Fsp3) is 0.364. The molecule has 1 rings (SSSR count). The Morgan fingerprint density at radius 3 is 2.63 bits per heavy atom. The van der Waals surface area contributed by atoms with Gasteiger partial charge in [0.25, 0.3) is 0 Å². The number of benzene rings is 1. The summed E-state index contributed by atoms with van der Waals surface area (Å²) in [4.78, 5) is 10.3. The average Bonchev–Trinajstić information content (AvgIpc) is 2.29. The van der Waals surface area contributed by atoms with Gasteiger partial charge < -0.3 is 5.11 Å². The number of hydrogen-bond acceptors (Lipinski definition) is 3. The molecule has 0 bridgehead atoms. The monoisotopic (exact) mass is 325 g/mol. The fourth-order valence-corrected chi connectivity index (χ4v) is 3.46. The molecular weight excluding hydrogens is 313 g/mol. The number of carboxylic acids is 1. The van der Waals surface area contributed by atoms with Gasteiger partial charge in [-0.1, -0.05) is 29.3 Å². The van der Waals surface area contributed by atoms with Crippen LogP contribution < -0.4 is 4.72 Å². The Bertz CT molecular complexity index is 574. The lowest BCUT2D eigenvalue weighted by Crippen LogP contribution is -2.33. The zero-order valence-electron chi connectivity index (χ0n) is 10.1. The third kappa shape index (κ3) is 4.65. The predicted octanol–water partition coefficient (Wildman–Crippen LogP) is 2.53. The number of rotatable bonds is 6. The fourth-order valence-electron chi connectivity index (χ4n) is 1.42. The van der Waals surface area contributed by atoms with E-state index in [9.17, 15) is 13.2 Å². The van der Waals surface area contributed by atoms with Crippen LogP contribution in [0.25, 0.3) is 0 Å². The standard InChI is InChI=1S/C11H13Cl2NO4S/c1-7(5-6-10(15)16)14-19(17,18)9-4-2-3-8(12)11(9)13/h2-4,7,14H,5-6H2,1H3,(H,15,16). The van der Waals surface area contributed by atoms with Gasteiger partial charge in [0.2, 0.25) is 10.0 Å². The second-order valence-corrected chi connectivity index (χ2v) is 6.47. The molecule has 0 aliphatic rings. The minimum Gasteiger partial charge on any atom is -0.481 e. The van der Waals surface area contributed by atoms with Crippen molar-refractivity contribution in [1.82, 2.24) is 4.72 Å². The van der Waals surface area contributed by atoms with Crippen LogP contribution in [0.3, 0.4) is 0 Å². The van der Waals surface area contributed by atoms with Gasteiger partial charge in [0.15, 0.2) is 0 Å². The van der Waals surface area contributed by atoms with Gasteiger partial charge in [-0.2, -0.15) is 0 Å². The summed E-state index contributed by atoms with van der Waals surface area (Å²) in [5.74, 6) is -0.980. The number of halogens is 2. The van der Waals surface area contributed by atoms with Gasteiger partial charge in [0, 0.05) is 12.5 Å². The van der Waals surface area contributed by atoms with Crippen LogP contribution in [-0.4, -0.2) is 25.5 Å². The molecule has 0 saturated heterocycles. The van der Waals surface area contributed by atoms with E-state index in [0.29, 0.717) is 0 Å². The highest BCUT2D eigenvalue weighted by atomic mass is 35.5. The van der Waals surface area contributed by atoms with E-state index in [0.717, 1.165) is 0 Å². The lowest BCUT2D eigenvalue weighted by molar-refractivity contribution is -0.137. The van der Waals surface area contributed by atoms with E-state index in [-0.39, 0.29) is 27.8 Å². The molecule has 0 spiro atoms. The van der Waals surface area contributed by atoms with Crippen LogP contribution in [0.15, 0.2) is 23.1 Å². The van der Waals surface area contributed by atoms with Gasteiger partial charge in [0.1, 0.15) is 4.90 Å². The minimum atomic E-state index is -3.82. The van der Waals surface area contributed by atoms with Crippen molar-refractivity contribution < 1.29 is 18.3 Å². The van der Waals surface area contributed by atoms with Gasteiger partial charge >= 0.3 is 5.97 Å². The highest BCUT2D eigenvalue weighted by Gasteiger charge is 2.21. The second-order valence-electron chi connectivity index (χ2n) is 4.01. The summed E-state index contributed by atoms with van der Waals surface area (Å²) in [6.07, 6.45) is 0.0692. The molecule has 2 N–H and O–H groups in total. The van der Waals surface area contributed by atoms with Crippen molar-refractivity contribution in [2.45, 2.75) is 30.7 Å². The van der Waals surface area contributed by atoms with Crippen molar-refractivity contribution in [3.05, 3.63) is 28.2 Å². The Morgan fingerprint density at radius 1 is 1.42 bits per heavy atom. The van der Waals surface area contributed by atoms with Crippen LogP contribution in [-0.2, 0) is 14.8 Å². The molecule has 0 aromatic heterocycles. The first kappa shape index (κ1) is 16.2. The third-order valence-corrected chi connectivity index (χ3v) is 4.92. The van der Waals surface area contributed by atoms with Crippen LogP contribution >= 0.6 is 23.2 Å².